The normalized spacial score (nSPS) is 14.8. The Kier molecular flexibility index (Phi) is 11.0. The molecule has 2 heterocycles. The van der Waals surface area contributed by atoms with Gasteiger partial charge in [-0.2, -0.15) is 0 Å². The molecule has 1 saturated carbocycles. The van der Waals surface area contributed by atoms with E-state index in [0.29, 0.717) is 0 Å². The van der Waals surface area contributed by atoms with Gasteiger partial charge in [0.25, 0.3) is 0 Å². The topological polar surface area (TPSA) is 51.6 Å². The molecule has 0 radical (unpaired) electrons. The highest BCUT2D eigenvalue weighted by molar-refractivity contribution is 5.89. The van der Waals surface area contributed by atoms with Crippen molar-refractivity contribution < 1.29 is 0 Å². The smallest absolute Gasteiger partial charge is 0.160 e. The lowest BCUT2D eigenvalue weighted by Gasteiger charge is -2.39. The Morgan fingerprint density at radius 2 is 0.803 bits per heavy atom. The largest absolute Gasteiger partial charge is 0.228 e. The third kappa shape index (κ3) is 8.29. The van der Waals surface area contributed by atoms with E-state index in [0.717, 1.165) is 99.9 Å². The number of aryl methyl sites for hydroxylation is 1. The van der Waals surface area contributed by atoms with Crippen LogP contribution in [0.1, 0.15) is 78.3 Å². The molecule has 0 saturated heterocycles. The number of hydrogen-bond donors (Lipinski definition) is 0. The van der Waals surface area contributed by atoms with Crippen LogP contribution in [0.25, 0.3) is 108 Å². The van der Waals surface area contributed by atoms with Gasteiger partial charge in [-0.1, -0.05) is 201 Å². The first-order chi connectivity index (χ1) is 35.1. The van der Waals surface area contributed by atoms with Crippen LogP contribution in [0.4, 0.5) is 0 Å². The van der Waals surface area contributed by atoms with Crippen molar-refractivity contribution in [3.63, 3.8) is 0 Å². The second-order valence-corrected chi connectivity index (χ2v) is 19.6. The first kappa shape index (κ1) is 42.7. The molecule has 4 nitrogen and oxygen atoms in total. The highest BCUT2D eigenvalue weighted by atomic mass is 14.9. The average Bonchev–Trinajstić information content (AvgIpc) is 3.70. The summed E-state index contributed by atoms with van der Waals surface area (Å²) in [5, 5.41) is 4.79. The van der Waals surface area contributed by atoms with Gasteiger partial charge in [-0.3, -0.25) is 0 Å². The van der Waals surface area contributed by atoms with E-state index in [4.69, 9.17) is 19.9 Å². The Labute approximate surface area is 415 Å². The minimum absolute atomic E-state index is 0.101. The predicted octanol–water partition coefficient (Wildman–Crippen LogP) is 17.2. The number of fused-ring (bicyclic) bond motifs is 4. The van der Waals surface area contributed by atoms with Crippen LogP contribution in [-0.2, 0) is 11.8 Å². The maximum absolute atomic E-state index is 5.30. The summed E-state index contributed by atoms with van der Waals surface area (Å²) in [4.78, 5) is 21.1. The molecular weight excluding hydrogens is 861 g/mol. The summed E-state index contributed by atoms with van der Waals surface area (Å²) in [5.74, 6) is 1.47. The first-order valence-corrected chi connectivity index (χ1v) is 25.3. The van der Waals surface area contributed by atoms with E-state index in [-0.39, 0.29) is 5.41 Å². The van der Waals surface area contributed by atoms with Crippen molar-refractivity contribution in [1.29, 1.82) is 0 Å². The Morgan fingerprint density at radius 3 is 1.44 bits per heavy atom. The fraction of sp³-hybridized carbons (Fsp3) is 0.134. The second-order valence-electron chi connectivity index (χ2n) is 19.6. The zero-order valence-corrected chi connectivity index (χ0v) is 39.7. The van der Waals surface area contributed by atoms with Crippen LogP contribution in [-0.4, -0.2) is 19.9 Å². The van der Waals surface area contributed by atoms with Gasteiger partial charge < -0.3 is 0 Å². The van der Waals surface area contributed by atoms with Crippen molar-refractivity contribution in [2.45, 2.75) is 56.8 Å². The van der Waals surface area contributed by atoms with Crippen LogP contribution in [0, 0.1) is 0 Å². The molecule has 3 aliphatic carbocycles. The molecule has 0 amide bonds. The standard InChI is InChI=1S/C67H52N4/c1-3-13-45-21-25-55(39-51(45)17-4-1)63-43-61(68-65(70-63)57-27-23-47-15-6-9-19-53(47)41-57)49-29-33-59(34-30-49)67(37-11-2-12-38-67)60-35-31-50(32-36-60)62-44-64(56-26-22-46-14-5-8-18-52(46)40-56)71-66(69-62)58-28-24-48-16-7-10-20-54(48)42-58/h3-6,8-10,13-15,17-36,39-44H,1-2,7,11-12,16,37-38H2. The van der Waals surface area contributed by atoms with Gasteiger partial charge in [0, 0.05) is 38.8 Å². The van der Waals surface area contributed by atoms with E-state index in [1.165, 1.54) is 74.2 Å². The fourth-order valence-electron chi connectivity index (χ4n) is 11.3. The molecule has 0 bridgehead atoms. The molecule has 0 atom stereocenters. The van der Waals surface area contributed by atoms with Gasteiger partial charge in [0.1, 0.15) is 0 Å². The monoisotopic (exact) mass is 912 g/mol. The van der Waals surface area contributed by atoms with Crippen molar-refractivity contribution in [3.05, 3.63) is 234 Å². The summed E-state index contributed by atoms with van der Waals surface area (Å²) >= 11 is 0. The van der Waals surface area contributed by atoms with E-state index in [1.807, 2.05) is 0 Å². The predicted molar refractivity (Wildman–Crippen MR) is 296 cm³/mol. The van der Waals surface area contributed by atoms with Gasteiger partial charge in [-0.25, -0.2) is 19.9 Å². The molecule has 0 spiro atoms. The van der Waals surface area contributed by atoms with Crippen LogP contribution in [0.2, 0.25) is 0 Å². The fourth-order valence-corrected chi connectivity index (χ4v) is 11.3. The number of allylic oxidation sites excluding steroid dienone is 3. The lowest BCUT2D eigenvalue weighted by molar-refractivity contribution is 0.346. The zero-order chi connectivity index (χ0) is 47.1. The number of rotatable bonds is 8. The van der Waals surface area contributed by atoms with Gasteiger partial charge >= 0.3 is 0 Å². The molecule has 0 N–H and O–H groups in total. The molecule has 0 aliphatic heterocycles. The summed E-state index contributed by atoms with van der Waals surface area (Å²) in [6, 6.07) is 66.5. The highest BCUT2D eigenvalue weighted by Crippen LogP contribution is 2.46. The van der Waals surface area contributed by atoms with E-state index < -0.39 is 0 Å². The average molecular weight is 913 g/mol. The summed E-state index contributed by atoms with van der Waals surface area (Å²) in [6.45, 7) is 0. The Bertz CT molecular complexity index is 3760. The van der Waals surface area contributed by atoms with E-state index >= 15 is 0 Å². The third-order valence-corrected chi connectivity index (χ3v) is 15.2. The van der Waals surface area contributed by atoms with Crippen LogP contribution < -0.4 is 0 Å². The number of nitrogens with zero attached hydrogens (tertiary/aromatic N) is 4. The lowest BCUT2D eigenvalue weighted by Crippen LogP contribution is -2.30. The van der Waals surface area contributed by atoms with E-state index in [9.17, 15) is 0 Å². The van der Waals surface area contributed by atoms with Crippen LogP contribution >= 0.6 is 0 Å². The highest BCUT2D eigenvalue weighted by Gasteiger charge is 2.36. The van der Waals surface area contributed by atoms with Crippen LogP contribution in [0.15, 0.2) is 200 Å². The van der Waals surface area contributed by atoms with E-state index in [1.54, 1.807) is 0 Å². The minimum atomic E-state index is -0.101. The lowest BCUT2D eigenvalue weighted by atomic mass is 9.65. The third-order valence-electron chi connectivity index (χ3n) is 15.2. The minimum Gasteiger partial charge on any atom is -0.228 e. The molecule has 340 valence electrons. The van der Waals surface area contributed by atoms with Crippen LogP contribution in [0.3, 0.4) is 0 Å². The molecule has 10 aromatic rings. The molecule has 2 aromatic heterocycles. The Balaban J connectivity index is 0.865. The summed E-state index contributed by atoms with van der Waals surface area (Å²) in [7, 11) is 0. The zero-order valence-electron chi connectivity index (χ0n) is 39.7. The summed E-state index contributed by atoms with van der Waals surface area (Å²) in [6.07, 6.45) is 22.3. The maximum atomic E-state index is 5.30. The van der Waals surface area contributed by atoms with E-state index in [2.05, 4.69) is 218 Å². The first-order valence-electron chi connectivity index (χ1n) is 25.3. The quantitative estimate of drug-likeness (QED) is 0.152. The van der Waals surface area contributed by atoms with Gasteiger partial charge in [-0.05, 0) is 123 Å². The van der Waals surface area contributed by atoms with Gasteiger partial charge in [-0.15, -0.1) is 0 Å². The van der Waals surface area contributed by atoms with Gasteiger partial charge in [0.2, 0.25) is 0 Å². The number of hydrogen-bond acceptors (Lipinski definition) is 4. The Morgan fingerprint density at radius 1 is 0.338 bits per heavy atom. The molecule has 4 heteroatoms. The number of aromatic nitrogens is 4. The second kappa shape index (κ2) is 18.2. The SMILES string of the molecule is C1=Cc2ccc(-c3cc(-c4ccc(C5(c6ccc(-c7cc(-c8ccc9ccccc9c8)nc(-c8ccc9c(c8)C=CCC9)n7)cc6)CCCCC5)cc4)nc(-c4ccc5ccccc5c4)n3)cc2C=CC1. The number of benzene rings is 8. The summed E-state index contributed by atoms with van der Waals surface area (Å²) < 4.78 is 0. The van der Waals surface area contributed by atoms with Crippen molar-refractivity contribution >= 4 is 39.8 Å². The van der Waals surface area contributed by atoms with Crippen molar-refractivity contribution in [1.82, 2.24) is 19.9 Å². The molecule has 13 rings (SSSR count). The van der Waals surface area contributed by atoms with Gasteiger partial charge in [0.05, 0.1) is 22.8 Å². The van der Waals surface area contributed by atoms with Gasteiger partial charge in [0.15, 0.2) is 11.6 Å². The summed E-state index contributed by atoms with van der Waals surface area (Å²) in [5.41, 5.74) is 17.7. The van der Waals surface area contributed by atoms with Crippen molar-refractivity contribution in [2.75, 3.05) is 0 Å². The molecule has 1 fully saturated rings. The molecule has 71 heavy (non-hydrogen) atoms. The van der Waals surface area contributed by atoms with Crippen molar-refractivity contribution in [2.24, 2.45) is 0 Å². The Hall–Kier alpha value is -8.34. The van der Waals surface area contributed by atoms with Crippen molar-refractivity contribution in [3.8, 4) is 67.8 Å². The molecule has 8 aromatic carbocycles. The molecule has 3 aliphatic rings. The molecular formula is C67H52N4. The van der Waals surface area contributed by atoms with Crippen LogP contribution in [0.5, 0.6) is 0 Å². The molecule has 0 unspecified atom stereocenters. The maximum Gasteiger partial charge on any atom is 0.160 e.